The van der Waals surface area contributed by atoms with Crippen molar-refractivity contribution in [2.75, 3.05) is 61.1 Å². The summed E-state index contributed by atoms with van der Waals surface area (Å²) in [5.41, 5.74) is 3.94. The molecule has 0 spiro atoms. The number of anilines is 2. The molecule has 0 saturated carbocycles. The highest BCUT2D eigenvalue weighted by atomic mass is 32.2. The average Bonchev–Trinajstić information content (AvgIpc) is 3.43. The second kappa shape index (κ2) is 14.5. The molecule has 0 atom stereocenters. The quantitative estimate of drug-likeness (QED) is 0.0725. The van der Waals surface area contributed by atoms with Crippen LogP contribution < -0.4 is 9.80 Å². The third-order valence-electron chi connectivity index (χ3n) is 8.19. The standard InChI is InChI=1S/C34H48N6O4SSi2/c1-8-11-29-32(38-14-18-45(41,42)19-15-38)37-33-30(28-22-27-12-9-10-13-31(27)35-23-28)24-36-40(33)34(29)39(25-43-16-20-46(2,3)4)26-44-17-21-47(5,6)7/h9-10,12-13,22-24H,14-21,25-26H2,1-7H3. The van der Waals surface area contributed by atoms with Gasteiger partial charge in [-0.2, -0.15) is 9.61 Å². The number of ether oxygens (including phenoxy) is 2. The van der Waals surface area contributed by atoms with Crippen molar-refractivity contribution in [3.63, 3.8) is 0 Å². The molecule has 0 unspecified atom stereocenters. The van der Waals surface area contributed by atoms with Gasteiger partial charge in [-0.05, 0) is 31.1 Å². The van der Waals surface area contributed by atoms with Crippen LogP contribution in [0, 0.1) is 11.8 Å². The van der Waals surface area contributed by atoms with E-state index in [1.54, 1.807) is 6.92 Å². The highest BCUT2D eigenvalue weighted by Crippen LogP contribution is 2.35. The van der Waals surface area contributed by atoms with Crippen LogP contribution in [-0.2, 0) is 19.3 Å². The number of para-hydroxylation sites is 1. The number of sulfone groups is 1. The van der Waals surface area contributed by atoms with E-state index < -0.39 is 26.0 Å². The van der Waals surface area contributed by atoms with Crippen molar-refractivity contribution < 1.29 is 17.9 Å². The molecule has 4 heterocycles. The van der Waals surface area contributed by atoms with Gasteiger partial charge in [0.25, 0.3) is 0 Å². The zero-order valence-electron chi connectivity index (χ0n) is 28.8. The second-order valence-electron chi connectivity index (χ2n) is 14.6. The molecule has 47 heavy (non-hydrogen) atoms. The third-order valence-corrected chi connectivity index (χ3v) is 13.2. The van der Waals surface area contributed by atoms with E-state index in [2.05, 4.69) is 62.1 Å². The van der Waals surface area contributed by atoms with E-state index in [9.17, 15) is 8.42 Å². The predicted molar refractivity (Wildman–Crippen MR) is 198 cm³/mol. The lowest BCUT2D eigenvalue weighted by atomic mass is 10.1. The summed E-state index contributed by atoms with van der Waals surface area (Å²) in [4.78, 5) is 14.0. The summed E-state index contributed by atoms with van der Waals surface area (Å²) >= 11 is 0. The molecule has 0 N–H and O–H groups in total. The Morgan fingerprint density at radius 2 is 1.57 bits per heavy atom. The molecule has 5 rings (SSSR count). The summed E-state index contributed by atoms with van der Waals surface area (Å²) in [5.74, 6) is 7.90. The molecule has 0 aliphatic carbocycles. The lowest BCUT2D eigenvalue weighted by molar-refractivity contribution is 0.0942. The first-order chi connectivity index (χ1) is 22.2. The van der Waals surface area contributed by atoms with Crippen molar-refractivity contribution in [2.45, 2.75) is 58.3 Å². The van der Waals surface area contributed by atoms with Crippen molar-refractivity contribution in [1.82, 2.24) is 19.6 Å². The molecule has 0 radical (unpaired) electrons. The monoisotopic (exact) mass is 692 g/mol. The third kappa shape index (κ3) is 9.00. The van der Waals surface area contributed by atoms with Gasteiger partial charge in [-0.3, -0.25) is 4.98 Å². The Hall–Kier alpha value is -3.29. The van der Waals surface area contributed by atoms with E-state index >= 15 is 0 Å². The fourth-order valence-electron chi connectivity index (χ4n) is 5.34. The van der Waals surface area contributed by atoms with Crippen molar-refractivity contribution in [1.29, 1.82) is 0 Å². The minimum Gasteiger partial charge on any atom is -0.361 e. The first-order valence-electron chi connectivity index (χ1n) is 16.3. The smallest absolute Gasteiger partial charge is 0.167 e. The maximum absolute atomic E-state index is 12.4. The van der Waals surface area contributed by atoms with Crippen LogP contribution in [0.1, 0.15) is 12.5 Å². The van der Waals surface area contributed by atoms with Crippen LogP contribution in [0.15, 0.2) is 42.7 Å². The van der Waals surface area contributed by atoms with E-state index in [1.807, 2.05) is 46.1 Å². The normalized spacial score (nSPS) is 15.2. The number of aromatic nitrogens is 4. The number of benzene rings is 1. The summed E-state index contributed by atoms with van der Waals surface area (Å²) in [6, 6.07) is 12.2. The van der Waals surface area contributed by atoms with Crippen LogP contribution in [0.5, 0.6) is 0 Å². The van der Waals surface area contributed by atoms with Gasteiger partial charge in [0.05, 0.1) is 23.2 Å². The molecule has 1 aliphatic heterocycles. The zero-order valence-corrected chi connectivity index (χ0v) is 31.7. The van der Waals surface area contributed by atoms with Gasteiger partial charge in [0.15, 0.2) is 27.1 Å². The molecule has 1 aromatic carbocycles. The molecule has 0 bridgehead atoms. The van der Waals surface area contributed by atoms with Gasteiger partial charge in [-0.15, -0.1) is 5.92 Å². The minimum atomic E-state index is -3.11. The van der Waals surface area contributed by atoms with Crippen LogP contribution in [0.3, 0.4) is 0 Å². The van der Waals surface area contributed by atoms with Gasteiger partial charge in [0.1, 0.15) is 19.0 Å². The van der Waals surface area contributed by atoms with Gasteiger partial charge < -0.3 is 19.3 Å². The summed E-state index contributed by atoms with van der Waals surface area (Å²) < 4.78 is 39.4. The zero-order chi connectivity index (χ0) is 33.8. The maximum atomic E-state index is 12.4. The highest BCUT2D eigenvalue weighted by Gasteiger charge is 2.30. The lowest BCUT2D eigenvalue weighted by Crippen LogP contribution is -2.41. The lowest BCUT2D eigenvalue weighted by Gasteiger charge is -2.32. The second-order valence-corrected chi connectivity index (χ2v) is 28.1. The number of hydrogen-bond donors (Lipinski definition) is 0. The average molecular weight is 693 g/mol. The van der Waals surface area contributed by atoms with Crippen LogP contribution in [0.4, 0.5) is 11.6 Å². The molecule has 10 nitrogen and oxygen atoms in total. The fraction of sp³-hybridized carbons (Fsp3) is 0.500. The Kier molecular flexibility index (Phi) is 10.8. The summed E-state index contributed by atoms with van der Waals surface area (Å²) in [6.45, 7) is 18.4. The van der Waals surface area contributed by atoms with Crippen LogP contribution in [0.25, 0.3) is 27.7 Å². The van der Waals surface area contributed by atoms with Crippen LogP contribution >= 0.6 is 0 Å². The van der Waals surface area contributed by atoms with Crippen LogP contribution in [-0.4, -0.2) is 95.4 Å². The van der Waals surface area contributed by atoms with E-state index in [0.29, 0.717) is 49.1 Å². The SMILES string of the molecule is CC#Cc1c(N2CCS(=O)(=O)CC2)nc2c(-c3cnc4ccccc4c3)cnn2c1N(COCC[Si](C)(C)C)COCC[Si](C)(C)C. The molecular formula is C34H48N6O4SSi2. The summed E-state index contributed by atoms with van der Waals surface area (Å²) in [7, 11) is -5.72. The number of hydrogen-bond acceptors (Lipinski definition) is 9. The van der Waals surface area contributed by atoms with Gasteiger partial charge in [0, 0.05) is 65.2 Å². The Balaban J connectivity index is 1.65. The minimum absolute atomic E-state index is 0.0677. The molecule has 1 aliphatic rings. The molecule has 1 fully saturated rings. The van der Waals surface area contributed by atoms with Crippen molar-refractivity contribution >= 4 is 54.2 Å². The topological polar surface area (TPSA) is 102 Å². The number of pyridine rings is 1. The van der Waals surface area contributed by atoms with E-state index in [-0.39, 0.29) is 25.0 Å². The van der Waals surface area contributed by atoms with Gasteiger partial charge in [-0.1, -0.05) is 63.4 Å². The van der Waals surface area contributed by atoms with Crippen molar-refractivity contribution in [3.8, 4) is 23.0 Å². The van der Waals surface area contributed by atoms with Gasteiger partial charge in [-0.25, -0.2) is 13.4 Å². The Morgan fingerprint density at radius 1 is 0.936 bits per heavy atom. The Morgan fingerprint density at radius 3 is 2.19 bits per heavy atom. The molecule has 4 aromatic rings. The van der Waals surface area contributed by atoms with E-state index in [0.717, 1.165) is 34.1 Å². The number of nitrogens with zero attached hydrogens (tertiary/aromatic N) is 6. The molecule has 3 aromatic heterocycles. The van der Waals surface area contributed by atoms with Gasteiger partial charge in [0.2, 0.25) is 0 Å². The van der Waals surface area contributed by atoms with Crippen LogP contribution in [0.2, 0.25) is 51.4 Å². The maximum Gasteiger partial charge on any atom is 0.167 e. The fourth-order valence-corrected chi connectivity index (χ4v) is 8.05. The van der Waals surface area contributed by atoms with Gasteiger partial charge >= 0.3 is 0 Å². The Bertz CT molecular complexity index is 1850. The summed E-state index contributed by atoms with van der Waals surface area (Å²) in [5, 5.41) is 5.91. The number of fused-ring (bicyclic) bond motifs is 2. The van der Waals surface area contributed by atoms with Crippen molar-refractivity contribution in [3.05, 3.63) is 48.3 Å². The van der Waals surface area contributed by atoms with Crippen molar-refractivity contribution in [2.24, 2.45) is 0 Å². The largest absolute Gasteiger partial charge is 0.361 e. The molecule has 252 valence electrons. The molecule has 13 heteroatoms. The van der Waals surface area contributed by atoms with E-state index in [4.69, 9.17) is 24.5 Å². The number of rotatable bonds is 13. The predicted octanol–water partition coefficient (Wildman–Crippen LogP) is 5.98. The first-order valence-corrected chi connectivity index (χ1v) is 25.5. The molecular weight excluding hydrogens is 645 g/mol. The molecule has 1 saturated heterocycles. The van der Waals surface area contributed by atoms with E-state index in [1.165, 1.54) is 0 Å². The highest BCUT2D eigenvalue weighted by molar-refractivity contribution is 7.91. The first kappa shape index (κ1) is 35.0. The molecule has 0 amide bonds. The summed E-state index contributed by atoms with van der Waals surface area (Å²) in [6.07, 6.45) is 3.67. The Labute approximate surface area is 281 Å².